The van der Waals surface area contributed by atoms with Crippen LogP contribution in [0.15, 0.2) is 0 Å². The van der Waals surface area contributed by atoms with Crippen molar-refractivity contribution in [3.05, 3.63) is 0 Å². The quantitative estimate of drug-likeness (QED) is 0.0487. The Hall–Kier alpha value is -2.70. The molecule has 282 valence electrons. The van der Waals surface area contributed by atoms with Crippen LogP contribution in [0, 0.1) is 11.8 Å². The molecule has 0 rings (SSSR count). The molecule has 0 radical (unpaired) electrons. The first kappa shape index (κ1) is 46.3. The highest BCUT2D eigenvalue weighted by molar-refractivity contribution is 8.00. The fourth-order valence-corrected chi connectivity index (χ4v) is 5.91. The van der Waals surface area contributed by atoms with Crippen LogP contribution in [0.25, 0.3) is 0 Å². The van der Waals surface area contributed by atoms with Gasteiger partial charge in [0.2, 0.25) is 0 Å². The van der Waals surface area contributed by atoms with E-state index in [1.807, 2.05) is 0 Å². The molecule has 0 saturated carbocycles. The molecular weight excluding hydrogens is 709 g/mol. The monoisotopic (exact) mass is 758 g/mol. The van der Waals surface area contributed by atoms with Gasteiger partial charge in [0, 0.05) is 0 Å². The summed E-state index contributed by atoms with van der Waals surface area (Å²) in [7, 11) is 0. The third-order valence-electron chi connectivity index (χ3n) is 6.08. The summed E-state index contributed by atoms with van der Waals surface area (Å²) >= 11 is 3.36. The topological polar surface area (TPSA) is 237 Å². The number of esters is 4. The van der Waals surface area contributed by atoms with Crippen LogP contribution in [0.5, 0.6) is 0 Å². The fraction of sp³-hybridized carbons (Fsp3) is 0.774. The molecule has 0 amide bonds. The zero-order valence-corrected chi connectivity index (χ0v) is 30.8. The molecule has 0 aromatic heterocycles. The lowest BCUT2D eigenvalue weighted by Gasteiger charge is -2.25. The van der Waals surface area contributed by atoms with Crippen LogP contribution >= 0.6 is 35.3 Å². The molecule has 0 aliphatic rings. The van der Waals surface area contributed by atoms with Gasteiger partial charge in [0.25, 0.3) is 0 Å². The van der Waals surface area contributed by atoms with Crippen LogP contribution in [-0.4, -0.2) is 128 Å². The number of aliphatic hydroxyl groups excluding tert-OH is 1. The minimum absolute atomic E-state index is 0.00492. The van der Waals surface area contributed by atoms with Gasteiger partial charge in [0.05, 0.1) is 23.9 Å². The summed E-state index contributed by atoms with van der Waals surface area (Å²) in [6.07, 6.45) is -5.10. The first-order valence-corrected chi connectivity index (χ1v) is 19.3. The van der Waals surface area contributed by atoms with Crippen LogP contribution in [0.3, 0.4) is 0 Å². The Labute approximate surface area is 299 Å². The van der Waals surface area contributed by atoms with Crippen molar-refractivity contribution in [3.63, 3.8) is 0 Å². The summed E-state index contributed by atoms with van der Waals surface area (Å²) < 4.78 is 21.5. The van der Waals surface area contributed by atoms with Crippen molar-refractivity contribution >= 4 is 77.1 Å². The second kappa shape index (κ2) is 27.1. The highest BCUT2D eigenvalue weighted by Gasteiger charge is 2.35. The number of aliphatic carboxylic acids is 3. The number of carbonyl (C=O) groups excluding carboxylic acids is 4. The summed E-state index contributed by atoms with van der Waals surface area (Å²) in [5.41, 5.74) is 0. The van der Waals surface area contributed by atoms with Crippen molar-refractivity contribution in [2.45, 2.75) is 97.1 Å². The maximum atomic E-state index is 13.4. The van der Waals surface area contributed by atoms with Crippen LogP contribution in [0.4, 0.5) is 0 Å². The number of hydrogen-bond acceptors (Lipinski definition) is 15. The SMILES string of the molecule is CC(C)C[C@H](OC(=O)[C@H](CCCSCC(=O)O)OC(=O)[C@H](CC(C)C)OC(=O)[C@@H](O)CCCSCC(=O)O)C(=O)OCCCSCC(=O)O. The number of aliphatic hydroxyl groups is 1. The van der Waals surface area contributed by atoms with E-state index in [4.69, 9.17) is 34.3 Å². The molecule has 18 heteroatoms. The van der Waals surface area contributed by atoms with E-state index in [2.05, 4.69) is 0 Å². The van der Waals surface area contributed by atoms with Gasteiger partial charge in [-0.25, -0.2) is 19.2 Å². The van der Waals surface area contributed by atoms with E-state index in [-0.39, 0.29) is 67.8 Å². The van der Waals surface area contributed by atoms with E-state index in [0.717, 1.165) is 35.3 Å². The highest BCUT2D eigenvalue weighted by Crippen LogP contribution is 2.19. The fourth-order valence-electron chi connectivity index (χ4n) is 3.89. The Bertz CT molecular complexity index is 1050. The summed E-state index contributed by atoms with van der Waals surface area (Å²) in [5, 5.41) is 36.6. The third-order valence-corrected chi connectivity index (χ3v) is 9.17. The first-order chi connectivity index (χ1) is 23.0. The standard InChI is InChI=1S/C31H50O15S3/c1-19(2)14-23(29(40)43-10-7-13-49-18-27(37)38)46-30(41)22(9-6-12-48-17-26(35)36)44-31(42)24(15-20(3)4)45-28(39)21(32)8-5-11-47-16-25(33)34/h19-24,32H,5-18H2,1-4H3,(H,33,34)(H,35,36)(H,37,38)/t21-,22-,23-,24-/m0/s1. The van der Waals surface area contributed by atoms with Crippen LogP contribution in [0.1, 0.15) is 72.6 Å². The molecule has 0 unspecified atom stereocenters. The van der Waals surface area contributed by atoms with E-state index >= 15 is 0 Å². The maximum Gasteiger partial charge on any atom is 0.348 e. The number of hydrogen-bond donors (Lipinski definition) is 4. The molecule has 4 N–H and O–H groups in total. The zero-order chi connectivity index (χ0) is 37.4. The molecule has 0 spiro atoms. The molecule has 0 aliphatic carbocycles. The van der Waals surface area contributed by atoms with Crippen molar-refractivity contribution in [1.29, 1.82) is 0 Å². The van der Waals surface area contributed by atoms with Gasteiger partial charge in [-0.1, -0.05) is 27.7 Å². The van der Waals surface area contributed by atoms with E-state index in [9.17, 15) is 38.7 Å². The van der Waals surface area contributed by atoms with Crippen molar-refractivity contribution in [2.75, 3.05) is 41.1 Å². The number of thioether (sulfide) groups is 3. The second-order valence-electron chi connectivity index (χ2n) is 11.7. The van der Waals surface area contributed by atoms with Crippen molar-refractivity contribution in [3.8, 4) is 0 Å². The van der Waals surface area contributed by atoms with E-state index in [1.165, 1.54) is 0 Å². The summed E-state index contributed by atoms with van der Waals surface area (Å²) in [4.78, 5) is 84.3. The minimum atomic E-state index is -1.58. The van der Waals surface area contributed by atoms with Gasteiger partial charge >= 0.3 is 41.8 Å². The normalized spacial score (nSPS) is 13.6. The number of carboxylic acid groups (broad SMARTS) is 3. The molecule has 49 heavy (non-hydrogen) atoms. The Morgan fingerprint density at radius 2 is 0.918 bits per heavy atom. The Morgan fingerprint density at radius 1 is 0.531 bits per heavy atom. The lowest BCUT2D eigenvalue weighted by molar-refractivity contribution is -0.187. The third kappa shape index (κ3) is 25.0. The van der Waals surface area contributed by atoms with Crippen molar-refractivity contribution in [1.82, 2.24) is 0 Å². The molecule has 0 fully saturated rings. The Kier molecular flexibility index (Phi) is 25.6. The molecule has 0 aromatic rings. The van der Waals surface area contributed by atoms with Gasteiger partial charge in [0.1, 0.15) is 0 Å². The number of ether oxygens (including phenoxy) is 4. The predicted octanol–water partition coefficient (Wildman–Crippen LogP) is 3.12. The zero-order valence-electron chi connectivity index (χ0n) is 28.4. The number of rotatable bonds is 29. The van der Waals surface area contributed by atoms with Gasteiger partial charge in [0.15, 0.2) is 24.4 Å². The van der Waals surface area contributed by atoms with Crippen LogP contribution in [0.2, 0.25) is 0 Å². The largest absolute Gasteiger partial charge is 0.481 e. The smallest absolute Gasteiger partial charge is 0.348 e. The number of carbonyl (C=O) groups is 7. The summed E-state index contributed by atoms with van der Waals surface area (Å²) in [6.45, 7) is 7.06. The average Bonchev–Trinajstić information content (AvgIpc) is 2.99. The van der Waals surface area contributed by atoms with E-state index in [1.54, 1.807) is 27.7 Å². The Morgan fingerprint density at radius 3 is 1.39 bits per heavy atom. The van der Waals surface area contributed by atoms with Crippen molar-refractivity contribution in [2.24, 2.45) is 11.8 Å². The Balaban J connectivity index is 5.65. The van der Waals surface area contributed by atoms with Gasteiger partial charge in [-0.3, -0.25) is 14.4 Å². The van der Waals surface area contributed by atoms with E-state index < -0.39 is 66.2 Å². The first-order valence-electron chi connectivity index (χ1n) is 15.9. The maximum absolute atomic E-state index is 13.4. The molecule has 0 aliphatic heterocycles. The molecular formula is C31H50O15S3. The molecule has 0 heterocycles. The second-order valence-corrected chi connectivity index (χ2v) is 15.0. The molecule has 0 aromatic carbocycles. The average molecular weight is 759 g/mol. The summed E-state index contributed by atoms with van der Waals surface area (Å²) in [5.74, 6) is -6.61. The van der Waals surface area contributed by atoms with Crippen molar-refractivity contribution < 1.29 is 72.9 Å². The van der Waals surface area contributed by atoms with Gasteiger partial charge in [-0.15, -0.1) is 0 Å². The minimum Gasteiger partial charge on any atom is -0.481 e. The number of carboxylic acids is 3. The lowest BCUT2D eigenvalue weighted by atomic mass is 10.1. The lowest BCUT2D eigenvalue weighted by Crippen LogP contribution is -2.41. The van der Waals surface area contributed by atoms with Gasteiger partial charge in [-0.05, 0) is 74.0 Å². The van der Waals surface area contributed by atoms with Gasteiger partial charge < -0.3 is 39.4 Å². The molecule has 0 saturated heterocycles. The molecule has 4 atom stereocenters. The predicted molar refractivity (Wildman–Crippen MR) is 183 cm³/mol. The highest BCUT2D eigenvalue weighted by atomic mass is 32.2. The van der Waals surface area contributed by atoms with Crippen LogP contribution < -0.4 is 0 Å². The van der Waals surface area contributed by atoms with Crippen LogP contribution in [-0.2, 0) is 52.5 Å². The van der Waals surface area contributed by atoms with E-state index in [0.29, 0.717) is 30.1 Å². The summed E-state index contributed by atoms with van der Waals surface area (Å²) in [6, 6.07) is 0. The molecule has 15 nitrogen and oxygen atoms in total. The van der Waals surface area contributed by atoms with Gasteiger partial charge in [-0.2, -0.15) is 35.3 Å². The molecule has 0 bridgehead atoms.